The highest BCUT2D eigenvalue weighted by Crippen LogP contribution is 2.33. The topological polar surface area (TPSA) is 43.4 Å². The van der Waals surface area contributed by atoms with Gasteiger partial charge >= 0.3 is 5.97 Å². The first-order valence-electron chi connectivity index (χ1n) is 6.43. The van der Waals surface area contributed by atoms with Gasteiger partial charge in [-0.25, -0.2) is 0 Å². The van der Waals surface area contributed by atoms with Gasteiger partial charge in [0.2, 0.25) is 0 Å². The summed E-state index contributed by atoms with van der Waals surface area (Å²) >= 11 is 1.11. The summed E-state index contributed by atoms with van der Waals surface area (Å²) in [5.74, 6) is -0.438. The van der Waals surface area contributed by atoms with Crippen LogP contribution < -0.4 is 0 Å². The SMILES string of the molecule is [CH2]CC(C=C)(CC(=O)Sc1ccccc1)C(=O)OCC. The van der Waals surface area contributed by atoms with Gasteiger partial charge in [0, 0.05) is 11.3 Å². The highest BCUT2D eigenvalue weighted by molar-refractivity contribution is 8.13. The number of esters is 1. The van der Waals surface area contributed by atoms with Crippen LogP contribution in [0.5, 0.6) is 0 Å². The van der Waals surface area contributed by atoms with E-state index >= 15 is 0 Å². The van der Waals surface area contributed by atoms with Gasteiger partial charge in [-0.2, -0.15) is 0 Å². The van der Waals surface area contributed by atoms with Gasteiger partial charge < -0.3 is 4.74 Å². The van der Waals surface area contributed by atoms with Gasteiger partial charge in [0.15, 0.2) is 5.12 Å². The number of benzene rings is 1. The van der Waals surface area contributed by atoms with Crippen LogP contribution in [0, 0.1) is 12.3 Å². The van der Waals surface area contributed by atoms with Crippen LogP contribution in [0.1, 0.15) is 19.8 Å². The van der Waals surface area contributed by atoms with Crippen molar-refractivity contribution in [3.63, 3.8) is 0 Å². The summed E-state index contributed by atoms with van der Waals surface area (Å²) in [6, 6.07) is 9.32. The summed E-state index contributed by atoms with van der Waals surface area (Å²) in [4.78, 5) is 25.0. The van der Waals surface area contributed by atoms with Crippen molar-refractivity contribution < 1.29 is 14.3 Å². The Morgan fingerprint density at radius 2 is 2.00 bits per heavy atom. The second-order valence-corrected chi connectivity index (χ2v) is 5.43. The second-order valence-electron chi connectivity index (χ2n) is 4.29. The maximum Gasteiger partial charge on any atom is 0.316 e. The number of carbonyl (C=O) groups excluding carboxylic acids is 2. The lowest BCUT2D eigenvalue weighted by Crippen LogP contribution is -2.32. The Bertz CT molecular complexity index is 470. The van der Waals surface area contributed by atoms with Gasteiger partial charge in [0.25, 0.3) is 0 Å². The first-order valence-corrected chi connectivity index (χ1v) is 7.25. The largest absolute Gasteiger partial charge is 0.465 e. The van der Waals surface area contributed by atoms with Crippen molar-refractivity contribution in [2.24, 2.45) is 5.41 Å². The van der Waals surface area contributed by atoms with Crippen LogP contribution in [0.25, 0.3) is 0 Å². The van der Waals surface area contributed by atoms with Crippen molar-refractivity contribution in [2.75, 3.05) is 6.61 Å². The van der Waals surface area contributed by atoms with E-state index in [4.69, 9.17) is 4.74 Å². The molecule has 1 rings (SSSR count). The van der Waals surface area contributed by atoms with Crippen LogP contribution in [-0.2, 0) is 14.3 Å². The molecule has 0 aliphatic heterocycles. The van der Waals surface area contributed by atoms with Crippen molar-refractivity contribution in [2.45, 2.75) is 24.7 Å². The number of rotatable bonds is 7. The van der Waals surface area contributed by atoms with Crippen molar-refractivity contribution in [3.8, 4) is 0 Å². The summed E-state index contributed by atoms with van der Waals surface area (Å²) < 4.78 is 5.03. The van der Waals surface area contributed by atoms with Gasteiger partial charge in [0.1, 0.15) is 0 Å². The fourth-order valence-electron chi connectivity index (χ4n) is 1.71. The molecule has 0 aromatic heterocycles. The molecule has 0 heterocycles. The molecular weight excluding hydrogens is 272 g/mol. The minimum atomic E-state index is -1.03. The number of ether oxygens (including phenoxy) is 1. The predicted molar refractivity (Wildman–Crippen MR) is 81.2 cm³/mol. The van der Waals surface area contributed by atoms with E-state index < -0.39 is 11.4 Å². The first kappa shape index (κ1) is 16.5. The van der Waals surface area contributed by atoms with Crippen LogP contribution in [-0.4, -0.2) is 17.7 Å². The smallest absolute Gasteiger partial charge is 0.316 e. The molecule has 1 unspecified atom stereocenters. The Morgan fingerprint density at radius 1 is 1.35 bits per heavy atom. The molecule has 0 saturated carbocycles. The zero-order valence-corrected chi connectivity index (χ0v) is 12.4. The average molecular weight is 291 g/mol. The van der Waals surface area contributed by atoms with Gasteiger partial charge in [-0.15, -0.1) is 6.58 Å². The zero-order chi connectivity index (χ0) is 15.0. The van der Waals surface area contributed by atoms with E-state index in [0.29, 0.717) is 0 Å². The summed E-state index contributed by atoms with van der Waals surface area (Å²) in [6.07, 6.45) is 1.76. The lowest BCUT2D eigenvalue weighted by atomic mass is 9.82. The molecule has 0 fully saturated rings. The highest BCUT2D eigenvalue weighted by Gasteiger charge is 2.37. The van der Waals surface area contributed by atoms with Crippen molar-refractivity contribution in [3.05, 3.63) is 49.9 Å². The Kier molecular flexibility index (Phi) is 6.52. The van der Waals surface area contributed by atoms with E-state index in [1.807, 2.05) is 30.3 Å². The van der Waals surface area contributed by atoms with E-state index in [1.165, 1.54) is 6.08 Å². The van der Waals surface area contributed by atoms with Crippen LogP contribution in [0.2, 0.25) is 0 Å². The normalized spacial score (nSPS) is 13.3. The standard InChI is InChI=1S/C16H19O3S/c1-4-16(5-2,15(18)19-6-3)12-14(17)20-13-10-8-7-9-11-13/h4,7-11H,1-2,5-6,12H2,3H3. The third-order valence-corrected chi connectivity index (χ3v) is 3.83. The quantitative estimate of drug-likeness (QED) is 0.437. The van der Waals surface area contributed by atoms with Crippen molar-refractivity contribution in [1.82, 2.24) is 0 Å². The minimum Gasteiger partial charge on any atom is -0.465 e. The number of hydrogen-bond acceptors (Lipinski definition) is 4. The third kappa shape index (κ3) is 4.23. The van der Waals surface area contributed by atoms with Crippen LogP contribution >= 0.6 is 11.8 Å². The molecule has 0 aliphatic rings. The van der Waals surface area contributed by atoms with E-state index in [1.54, 1.807) is 6.92 Å². The van der Waals surface area contributed by atoms with Crippen LogP contribution in [0.4, 0.5) is 0 Å². The summed E-state index contributed by atoms with van der Waals surface area (Å²) in [6.45, 7) is 9.43. The van der Waals surface area contributed by atoms with Gasteiger partial charge in [-0.1, -0.05) is 43.0 Å². The minimum absolute atomic E-state index is 0.0401. The molecule has 1 radical (unpaired) electrons. The van der Waals surface area contributed by atoms with E-state index in [-0.39, 0.29) is 24.6 Å². The third-order valence-electron chi connectivity index (χ3n) is 2.95. The molecule has 1 aromatic rings. The molecule has 0 spiro atoms. The second kappa shape index (κ2) is 7.90. The molecule has 1 atom stereocenters. The molecule has 0 N–H and O–H groups in total. The monoisotopic (exact) mass is 291 g/mol. The van der Waals surface area contributed by atoms with E-state index in [0.717, 1.165) is 16.7 Å². The Morgan fingerprint density at radius 3 is 2.50 bits per heavy atom. The lowest BCUT2D eigenvalue weighted by molar-refractivity contribution is -0.153. The maximum atomic E-state index is 12.1. The van der Waals surface area contributed by atoms with Gasteiger partial charge in [0.05, 0.1) is 12.0 Å². The molecule has 0 amide bonds. The molecule has 1 aromatic carbocycles. The Hall–Kier alpha value is -1.55. The number of hydrogen-bond donors (Lipinski definition) is 0. The molecule has 20 heavy (non-hydrogen) atoms. The van der Waals surface area contributed by atoms with E-state index in [9.17, 15) is 9.59 Å². The number of thioether (sulfide) groups is 1. The fraction of sp³-hybridized carbons (Fsp3) is 0.312. The molecule has 0 saturated heterocycles. The Balaban J connectivity index is 2.77. The molecule has 3 nitrogen and oxygen atoms in total. The summed E-state index contributed by atoms with van der Waals surface area (Å²) in [5, 5.41) is -0.104. The van der Waals surface area contributed by atoms with Crippen molar-refractivity contribution >= 4 is 22.8 Å². The summed E-state index contributed by atoms with van der Waals surface area (Å²) in [5.41, 5.74) is -1.03. The molecule has 4 heteroatoms. The summed E-state index contributed by atoms with van der Waals surface area (Å²) in [7, 11) is 0. The maximum absolute atomic E-state index is 12.1. The molecule has 0 aliphatic carbocycles. The Labute approximate surface area is 124 Å². The number of carbonyl (C=O) groups is 2. The zero-order valence-electron chi connectivity index (χ0n) is 11.6. The van der Waals surface area contributed by atoms with Crippen molar-refractivity contribution in [1.29, 1.82) is 0 Å². The van der Waals surface area contributed by atoms with Crippen LogP contribution in [0.15, 0.2) is 47.9 Å². The lowest BCUT2D eigenvalue weighted by Gasteiger charge is -2.25. The van der Waals surface area contributed by atoms with E-state index in [2.05, 4.69) is 13.5 Å². The predicted octanol–water partition coefficient (Wildman–Crippen LogP) is 3.66. The highest BCUT2D eigenvalue weighted by atomic mass is 32.2. The average Bonchev–Trinajstić information content (AvgIpc) is 2.46. The van der Waals surface area contributed by atoms with Gasteiger partial charge in [-0.05, 0) is 25.5 Å². The van der Waals surface area contributed by atoms with Gasteiger partial charge in [-0.3, -0.25) is 9.59 Å². The first-order chi connectivity index (χ1) is 9.57. The fourth-order valence-corrected chi connectivity index (χ4v) is 2.59. The molecular formula is C16H19O3S. The van der Waals surface area contributed by atoms with Crippen LogP contribution in [0.3, 0.4) is 0 Å². The molecule has 107 valence electrons. The molecule has 0 bridgehead atoms.